The molecule has 1 aromatic rings. The van der Waals surface area contributed by atoms with E-state index in [0.717, 1.165) is 5.56 Å². The van der Waals surface area contributed by atoms with E-state index in [1.54, 1.807) is 24.3 Å². The molecule has 0 bridgehead atoms. The summed E-state index contributed by atoms with van der Waals surface area (Å²) in [5.41, 5.74) is 1.56. The Bertz CT molecular complexity index is 374. The Hall–Kier alpha value is -1.82. The number of carbonyl (C=O) groups excluding carboxylic acids is 1. The van der Waals surface area contributed by atoms with E-state index in [-0.39, 0.29) is 11.9 Å². The van der Waals surface area contributed by atoms with Gasteiger partial charge in [0.25, 0.3) is 5.91 Å². The molecule has 0 unspecified atom stereocenters. The van der Waals surface area contributed by atoms with Crippen molar-refractivity contribution < 1.29 is 4.79 Å². The summed E-state index contributed by atoms with van der Waals surface area (Å²) in [6.45, 7) is 3.84. The smallest absolute Gasteiger partial charge is 0.251 e. The van der Waals surface area contributed by atoms with Gasteiger partial charge in [0.05, 0.1) is 12.5 Å². The van der Waals surface area contributed by atoms with Crippen molar-refractivity contribution in [1.82, 2.24) is 5.32 Å². The summed E-state index contributed by atoms with van der Waals surface area (Å²) < 4.78 is 0. The number of benzene rings is 1. The van der Waals surface area contributed by atoms with Gasteiger partial charge >= 0.3 is 0 Å². The highest BCUT2D eigenvalue weighted by Gasteiger charge is 2.05. The lowest BCUT2D eigenvalue weighted by Gasteiger charge is -2.08. The summed E-state index contributed by atoms with van der Waals surface area (Å²) in [6, 6.07) is 9.29. The first-order valence-electron chi connectivity index (χ1n) is 4.90. The Morgan fingerprint density at radius 1 is 1.40 bits per heavy atom. The van der Waals surface area contributed by atoms with Crippen molar-refractivity contribution >= 4 is 5.91 Å². The lowest BCUT2D eigenvalue weighted by atomic mass is 10.1. The lowest BCUT2D eigenvalue weighted by Crippen LogP contribution is -2.29. The van der Waals surface area contributed by atoms with Crippen molar-refractivity contribution in [3.05, 3.63) is 35.4 Å². The van der Waals surface area contributed by atoms with Gasteiger partial charge in [0.15, 0.2) is 0 Å². The van der Waals surface area contributed by atoms with Crippen LogP contribution in [0.15, 0.2) is 24.3 Å². The molecule has 0 aliphatic carbocycles. The Morgan fingerprint density at radius 2 is 2.00 bits per heavy atom. The van der Waals surface area contributed by atoms with Crippen molar-refractivity contribution in [2.45, 2.75) is 26.3 Å². The molecule has 0 atom stereocenters. The third-order valence-electron chi connectivity index (χ3n) is 1.92. The molecule has 0 aliphatic heterocycles. The number of carbonyl (C=O) groups is 1. The van der Waals surface area contributed by atoms with E-state index in [0.29, 0.717) is 12.0 Å². The van der Waals surface area contributed by atoms with Gasteiger partial charge in [0, 0.05) is 11.6 Å². The normalized spacial score (nSPS) is 9.73. The van der Waals surface area contributed by atoms with Gasteiger partial charge in [-0.3, -0.25) is 4.79 Å². The number of hydrogen-bond acceptors (Lipinski definition) is 2. The van der Waals surface area contributed by atoms with Gasteiger partial charge in [-0.2, -0.15) is 5.26 Å². The zero-order chi connectivity index (χ0) is 11.3. The molecule has 0 heterocycles. The molecule has 78 valence electrons. The number of rotatable bonds is 3. The Balaban J connectivity index is 2.72. The van der Waals surface area contributed by atoms with Crippen LogP contribution in [-0.2, 0) is 6.42 Å². The van der Waals surface area contributed by atoms with Gasteiger partial charge in [-0.05, 0) is 31.5 Å². The van der Waals surface area contributed by atoms with E-state index in [1.165, 1.54) is 0 Å². The molecule has 3 heteroatoms. The van der Waals surface area contributed by atoms with Gasteiger partial charge in [-0.1, -0.05) is 12.1 Å². The predicted octanol–water partition coefficient (Wildman–Crippen LogP) is 1.89. The second-order valence-corrected chi connectivity index (χ2v) is 3.66. The molecule has 0 fully saturated rings. The van der Waals surface area contributed by atoms with E-state index in [4.69, 9.17) is 5.26 Å². The summed E-state index contributed by atoms with van der Waals surface area (Å²) >= 11 is 0. The highest BCUT2D eigenvalue weighted by molar-refractivity contribution is 5.94. The van der Waals surface area contributed by atoms with Crippen molar-refractivity contribution in [2.75, 3.05) is 0 Å². The van der Waals surface area contributed by atoms with Gasteiger partial charge in [0.2, 0.25) is 0 Å². The minimum absolute atomic E-state index is 0.0755. The van der Waals surface area contributed by atoms with Crippen LogP contribution in [0.25, 0.3) is 0 Å². The summed E-state index contributed by atoms with van der Waals surface area (Å²) in [7, 11) is 0. The van der Waals surface area contributed by atoms with Gasteiger partial charge in [0.1, 0.15) is 0 Å². The highest BCUT2D eigenvalue weighted by Crippen LogP contribution is 2.05. The van der Waals surface area contributed by atoms with Crippen molar-refractivity contribution in [2.24, 2.45) is 0 Å². The highest BCUT2D eigenvalue weighted by atomic mass is 16.1. The van der Waals surface area contributed by atoms with E-state index in [9.17, 15) is 4.79 Å². The zero-order valence-corrected chi connectivity index (χ0v) is 8.95. The molecule has 0 spiro atoms. The van der Waals surface area contributed by atoms with Crippen molar-refractivity contribution in [3.8, 4) is 6.07 Å². The van der Waals surface area contributed by atoms with Crippen LogP contribution in [0.2, 0.25) is 0 Å². The van der Waals surface area contributed by atoms with Crippen molar-refractivity contribution in [3.63, 3.8) is 0 Å². The van der Waals surface area contributed by atoms with E-state index >= 15 is 0 Å². The molecule has 15 heavy (non-hydrogen) atoms. The fourth-order valence-corrected chi connectivity index (χ4v) is 1.21. The summed E-state index contributed by atoms with van der Waals surface area (Å²) in [5, 5.41) is 11.3. The lowest BCUT2D eigenvalue weighted by molar-refractivity contribution is 0.0943. The molecular weight excluding hydrogens is 188 g/mol. The fourth-order valence-electron chi connectivity index (χ4n) is 1.21. The topological polar surface area (TPSA) is 52.9 Å². The summed E-state index contributed by atoms with van der Waals surface area (Å²) in [4.78, 5) is 11.5. The zero-order valence-electron chi connectivity index (χ0n) is 8.95. The standard InChI is InChI=1S/C12H14N2O/c1-9(2)14-12(15)11-5-3-10(4-6-11)7-8-13/h3-6,9H,7H2,1-2H3,(H,14,15). The minimum Gasteiger partial charge on any atom is -0.350 e. The Labute approximate surface area is 89.7 Å². The quantitative estimate of drug-likeness (QED) is 0.813. The predicted molar refractivity (Wildman–Crippen MR) is 58.4 cm³/mol. The van der Waals surface area contributed by atoms with Crippen LogP contribution < -0.4 is 5.32 Å². The van der Waals surface area contributed by atoms with Crippen LogP contribution in [0.1, 0.15) is 29.8 Å². The first-order chi connectivity index (χ1) is 7.13. The molecule has 1 amide bonds. The molecular formula is C12H14N2O. The number of amides is 1. The van der Waals surface area contributed by atoms with Crippen LogP contribution in [0.5, 0.6) is 0 Å². The van der Waals surface area contributed by atoms with Crippen LogP contribution in [0, 0.1) is 11.3 Å². The molecule has 1 rings (SSSR count). The number of nitrogens with one attached hydrogen (secondary N) is 1. The van der Waals surface area contributed by atoms with Crippen LogP contribution in [0.3, 0.4) is 0 Å². The molecule has 0 radical (unpaired) electrons. The first-order valence-corrected chi connectivity index (χ1v) is 4.90. The SMILES string of the molecule is CC(C)NC(=O)c1ccc(CC#N)cc1. The van der Waals surface area contributed by atoms with Crippen LogP contribution >= 0.6 is 0 Å². The molecule has 1 N–H and O–H groups in total. The number of nitriles is 1. The van der Waals surface area contributed by atoms with E-state index in [2.05, 4.69) is 11.4 Å². The average molecular weight is 202 g/mol. The van der Waals surface area contributed by atoms with Gasteiger partial charge in [-0.25, -0.2) is 0 Å². The third kappa shape index (κ3) is 3.43. The summed E-state index contributed by atoms with van der Waals surface area (Å²) in [5.74, 6) is -0.0755. The van der Waals surface area contributed by atoms with Crippen LogP contribution in [0.4, 0.5) is 0 Å². The maximum atomic E-state index is 11.5. The fraction of sp³-hybridized carbons (Fsp3) is 0.333. The average Bonchev–Trinajstić information content (AvgIpc) is 2.18. The number of nitrogens with zero attached hydrogens (tertiary/aromatic N) is 1. The molecule has 1 aromatic carbocycles. The molecule has 0 aliphatic rings. The molecule has 0 saturated carbocycles. The van der Waals surface area contributed by atoms with Crippen molar-refractivity contribution in [1.29, 1.82) is 5.26 Å². The Kier molecular flexibility index (Phi) is 3.87. The first kappa shape index (κ1) is 11.3. The summed E-state index contributed by atoms with van der Waals surface area (Å²) in [6.07, 6.45) is 0.381. The van der Waals surface area contributed by atoms with Gasteiger partial charge in [-0.15, -0.1) is 0 Å². The molecule has 3 nitrogen and oxygen atoms in total. The second kappa shape index (κ2) is 5.16. The Morgan fingerprint density at radius 3 is 2.47 bits per heavy atom. The number of hydrogen-bond donors (Lipinski definition) is 1. The molecule has 0 saturated heterocycles. The largest absolute Gasteiger partial charge is 0.350 e. The van der Waals surface area contributed by atoms with Gasteiger partial charge < -0.3 is 5.32 Å². The molecule has 0 aromatic heterocycles. The monoisotopic (exact) mass is 202 g/mol. The van der Waals surface area contributed by atoms with Crippen LogP contribution in [-0.4, -0.2) is 11.9 Å². The van der Waals surface area contributed by atoms with E-state index in [1.807, 2.05) is 13.8 Å². The second-order valence-electron chi connectivity index (χ2n) is 3.66. The minimum atomic E-state index is -0.0755. The maximum absolute atomic E-state index is 11.5. The third-order valence-corrected chi connectivity index (χ3v) is 1.92. The van der Waals surface area contributed by atoms with E-state index < -0.39 is 0 Å². The maximum Gasteiger partial charge on any atom is 0.251 e.